The Morgan fingerprint density at radius 3 is 2.22 bits per heavy atom. The molecule has 0 radical (unpaired) electrons. The van der Waals surface area contributed by atoms with Crippen LogP contribution in [0.25, 0.3) is 0 Å². The summed E-state index contributed by atoms with van der Waals surface area (Å²) < 4.78 is 40.6. The van der Waals surface area contributed by atoms with E-state index in [1.54, 1.807) is 18.3 Å². The van der Waals surface area contributed by atoms with E-state index in [0.29, 0.717) is 0 Å². The van der Waals surface area contributed by atoms with E-state index < -0.39 is 15.8 Å². The number of sulfonamides is 1. The first-order chi connectivity index (χ1) is 12.7. The first-order valence-corrected chi connectivity index (χ1v) is 9.82. The van der Waals surface area contributed by atoms with E-state index >= 15 is 0 Å². The predicted octanol–water partition coefficient (Wildman–Crippen LogP) is 4.69. The molecule has 0 spiro atoms. The van der Waals surface area contributed by atoms with E-state index in [9.17, 15) is 12.8 Å². The third-order valence-electron chi connectivity index (χ3n) is 4.24. The van der Waals surface area contributed by atoms with Crippen LogP contribution in [0.2, 0.25) is 0 Å². The monoisotopic (exact) mass is 385 g/mol. The molecule has 140 valence electrons. The van der Waals surface area contributed by atoms with Crippen LogP contribution in [0.5, 0.6) is 0 Å². The molecule has 1 aromatic heterocycles. The van der Waals surface area contributed by atoms with Crippen molar-refractivity contribution in [2.45, 2.75) is 25.7 Å². The van der Waals surface area contributed by atoms with Gasteiger partial charge in [0, 0.05) is 5.69 Å². The number of anilines is 3. The molecule has 3 aromatic rings. The second-order valence-corrected chi connectivity index (χ2v) is 8.06. The minimum absolute atomic E-state index is 0.0134. The summed E-state index contributed by atoms with van der Waals surface area (Å²) in [5.41, 5.74) is 4.30. The number of aromatic nitrogens is 1. The zero-order valence-corrected chi connectivity index (χ0v) is 16.1. The highest BCUT2D eigenvalue weighted by Crippen LogP contribution is 2.21. The summed E-state index contributed by atoms with van der Waals surface area (Å²) in [6, 6.07) is 13.0. The maximum absolute atomic E-state index is 13.3. The average molecular weight is 385 g/mol. The molecule has 5 nitrogen and oxygen atoms in total. The van der Waals surface area contributed by atoms with E-state index in [0.717, 1.165) is 17.4 Å². The van der Waals surface area contributed by atoms with Gasteiger partial charge in [-0.2, -0.15) is 0 Å². The fourth-order valence-electron chi connectivity index (χ4n) is 2.49. The molecule has 2 N–H and O–H groups in total. The zero-order valence-electron chi connectivity index (χ0n) is 15.2. The van der Waals surface area contributed by atoms with Crippen LogP contribution in [0.4, 0.5) is 21.6 Å². The van der Waals surface area contributed by atoms with E-state index in [-0.39, 0.29) is 16.3 Å². The summed E-state index contributed by atoms with van der Waals surface area (Å²) in [6.07, 6.45) is 1.54. The Morgan fingerprint density at radius 2 is 1.59 bits per heavy atom. The van der Waals surface area contributed by atoms with Crippen molar-refractivity contribution in [3.63, 3.8) is 0 Å². The van der Waals surface area contributed by atoms with E-state index in [1.807, 2.05) is 32.0 Å². The van der Waals surface area contributed by atoms with Crippen molar-refractivity contribution in [2.24, 2.45) is 0 Å². The molecule has 0 fully saturated rings. The maximum atomic E-state index is 13.3. The predicted molar refractivity (Wildman–Crippen MR) is 105 cm³/mol. The van der Waals surface area contributed by atoms with Crippen LogP contribution in [0.15, 0.2) is 59.6 Å². The number of benzene rings is 2. The van der Waals surface area contributed by atoms with Crippen LogP contribution in [0.1, 0.15) is 16.7 Å². The van der Waals surface area contributed by atoms with Gasteiger partial charge >= 0.3 is 0 Å². The molecule has 7 heteroatoms. The highest BCUT2D eigenvalue weighted by Gasteiger charge is 2.16. The minimum Gasteiger partial charge on any atom is -0.354 e. The smallest absolute Gasteiger partial charge is 0.263 e. The summed E-state index contributed by atoms with van der Waals surface area (Å²) in [5, 5.41) is 3.23. The molecule has 2 aromatic carbocycles. The van der Waals surface area contributed by atoms with Gasteiger partial charge in [-0.15, -0.1) is 0 Å². The first-order valence-electron chi connectivity index (χ1n) is 8.34. The molecule has 1 heterocycles. The van der Waals surface area contributed by atoms with E-state index in [4.69, 9.17) is 0 Å². The van der Waals surface area contributed by atoms with Crippen molar-refractivity contribution in [1.29, 1.82) is 0 Å². The third kappa shape index (κ3) is 4.43. The van der Waals surface area contributed by atoms with Gasteiger partial charge in [-0.25, -0.2) is 17.8 Å². The number of pyridine rings is 1. The Labute approximate surface area is 158 Å². The number of halogens is 1. The van der Waals surface area contributed by atoms with Crippen molar-refractivity contribution < 1.29 is 12.8 Å². The SMILES string of the molecule is Cc1ccc(Nc2ccc(NS(=O)(=O)c3ccc(F)c(C)c3)nc2)cc1C. The second kappa shape index (κ2) is 7.36. The second-order valence-electron chi connectivity index (χ2n) is 6.37. The Hall–Kier alpha value is -2.93. The van der Waals surface area contributed by atoms with Gasteiger partial charge < -0.3 is 5.32 Å². The van der Waals surface area contributed by atoms with Crippen molar-refractivity contribution in [3.05, 3.63) is 77.2 Å². The molecule has 0 amide bonds. The largest absolute Gasteiger partial charge is 0.354 e. The molecule has 0 unspecified atom stereocenters. The lowest BCUT2D eigenvalue weighted by molar-refractivity contribution is 0.598. The Bertz CT molecular complexity index is 1080. The fourth-order valence-corrected chi connectivity index (χ4v) is 3.59. The first kappa shape index (κ1) is 18.8. The van der Waals surface area contributed by atoms with Crippen LogP contribution in [0, 0.1) is 26.6 Å². The lowest BCUT2D eigenvalue weighted by Gasteiger charge is -2.11. The normalized spacial score (nSPS) is 11.3. The van der Waals surface area contributed by atoms with E-state index in [2.05, 4.69) is 15.0 Å². The van der Waals surface area contributed by atoms with Gasteiger partial charge in [-0.05, 0) is 79.9 Å². The number of hydrogen-bond donors (Lipinski definition) is 2. The molecule has 0 saturated heterocycles. The Balaban J connectivity index is 1.74. The topological polar surface area (TPSA) is 71.1 Å². The van der Waals surface area contributed by atoms with Crippen molar-refractivity contribution >= 4 is 27.2 Å². The quantitative estimate of drug-likeness (QED) is 0.668. The summed E-state index contributed by atoms with van der Waals surface area (Å²) in [6.45, 7) is 5.60. The highest BCUT2D eigenvalue weighted by atomic mass is 32.2. The molecule has 0 bridgehead atoms. The number of nitrogens with zero attached hydrogens (tertiary/aromatic N) is 1. The number of rotatable bonds is 5. The van der Waals surface area contributed by atoms with Crippen LogP contribution >= 0.6 is 0 Å². The molecular weight excluding hydrogens is 365 g/mol. The standard InChI is InChI=1S/C20H20FN3O2S/c1-13-4-5-16(10-14(13)2)23-17-6-9-20(22-12-17)24-27(25,26)18-7-8-19(21)15(3)11-18/h4-12,23H,1-3H3,(H,22,24). The van der Waals surface area contributed by atoms with Crippen molar-refractivity contribution in [2.75, 3.05) is 10.0 Å². The van der Waals surface area contributed by atoms with Gasteiger partial charge in [0.2, 0.25) is 0 Å². The maximum Gasteiger partial charge on any atom is 0.263 e. The lowest BCUT2D eigenvalue weighted by atomic mass is 10.1. The molecule has 0 aliphatic carbocycles. The molecular formula is C20H20FN3O2S. The number of hydrogen-bond acceptors (Lipinski definition) is 4. The van der Waals surface area contributed by atoms with Crippen LogP contribution < -0.4 is 10.0 Å². The summed E-state index contributed by atoms with van der Waals surface area (Å²) in [7, 11) is -3.83. The van der Waals surface area contributed by atoms with Crippen molar-refractivity contribution in [3.8, 4) is 0 Å². The zero-order chi connectivity index (χ0) is 19.6. The highest BCUT2D eigenvalue weighted by molar-refractivity contribution is 7.92. The van der Waals surface area contributed by atoms with Gasteiger partial charge in [0.05, 0.1) is 16.8 Å². The van der Waals surface area contributed by atoms with Gasteiger partial charge in [0.25, 0.3) is 10.0 Å². The number of nitrogens with one attached hydrogen (secondary N) is 2. The molecule has 27 heavy (non-hydrogen) atoms. The summed E-state index contributed by atoms with van der Waals surface area (Å²) >= 11 is 0. The van der Waals surface area contributed by atoms with Crippen molar-refractivity contribution in [1.82, 2.24) is 4.98 Å². The van der Waals surface area contributed by atoms with Gasteiger partial charge in [0.15, 0.2) is 0 Å². The van der Waals surface area contributed by atoms with Gasteiger partial charge in [-0.1, -0.05) is 6.07 Å². The van der Waals surface area contributed by atoms with E-state index in [1.165, 1.54) is 30.2 Å². The third-order valence-corrected chi connectivity index (χ3v) is 5.59. The van der Waals surface area contributed by atoms with Crippen LogP contribution in [-0.4, -0.2) is 13.4 Å². The molecule has 3 rings (SSSR count). The number of aryl methyl sites for hydroxylation is 3. The lowest BCUT2D eigenvalue weighted by Crippen LogP contribution is -2.14. The van der Waals surface area contributed by atoms with Gasteiger partial charge in [0.1, 0.15) is 11.6 Å². The summed E-state index contributed by atoms with van der Waals surface area (Å²) in [5.74, 6) is -0.267. The van der Waals surface area contributed by atoms with Crippen LogP contribution in [-0.2, 0) is 10.0 Å². The van der Waals surface area contributed by atoms with Crippen LogP contribution in [0.3, 0.4) is 0 Å². The fraction of sp³-hybridized carbons (Fsp3) is 0.150. The van der Waals surface area contributed by atoms with Gasteiger partial charge in [-0.3, -0.25) is 4.72 Å². The summed E-state index contributed by atoms with van der Waals surface area (Å²) in [4.78, 5) is 4.13. The molecule has 0 saturated carbocycles. The average Bonchev–Trinajstić information content (AvgIpc) is 2.62. The molecule has 0 atom stereocenters. The molecule has 0 aliphatic rings. The minimum atomic E-state index is -3.83. The Morgan fingerprint density at radius 1 is 0.852 bits per heavy atom. The molecule has 0 aliphatic heterocycles. The Kier molecular flexibility index (Phi) is 5.14.